The minimum atomic E-state index is -4.71. The highest BCUT2D eigenvalue weighted by molar-refractivity contribution is 7.13. The van der Waals surface area contributed by atoms with Gasteiger partial charge in [-0.3, -0.25) is 4.79 Å². The van der Waals surface area contributed by atoms with E-state index in [-0.39, 0.29) is 22.6 Å². The molecule has 0 fully saturated rings. The first-order valence-corrected chi connectivity index (χ1v) is 8.52. The molecule has 0 aliphatic carbocycles. The molecule has 0 bridgehead atoms. The summed E-state index contributed by atoms with van der Waals surface area (Å²) in [4.78, 5) is 37.2. The van der Waals surface area contributed by atoms with Crippen molar-refractivity contribution in [1.82, 2.24) is 15.2 Å². The van der Waals surface area contributed by atoms with Gasteiger partial charge in [-0.25, -0.2) is 9.59 Å². The number of pyridine rings is 1. The predicted octanol–water partition coefficient (Wildman–Crippen LogP) is 2.68. The Kier molecular flexibility index (Phi) is 5.18. The van der Waals surface area contributed by atoms with Crippen molar-refractivity contribution in [2.75, 3.05) is 5.73 Å². The van der Waals surface area contributed by atoms with Crippen molar-refractivity contribution in [3.05, 3.63) is 50.8 Å². The molecule has 0 amide bonds. The van der Waals surface area contributed by atoms with Gasteiger partial charge in [-0.05, 0) is 17.7 Å². The number of aromatic amines is 1. The number of nitrogens with two attached hydrogens (primary N) is 1. The largest absolute Gasteiger partial charge is 0.478 e. The van der Waals surface area contributed by atoms with Crippen LogP contribution in [-0.2, 0) is 6.18 Å². The minimum absolute atomic E-state index is 0.0827. The summed E-state index contributed by atoms with van der Waals surface area (Å²) in [5, 5.41) is 23.4. The number of carboxylic acid groups (broad SMARTS) is 2. The van der Waals surface area contributed by atoms with Crippen LogP contribution in [0.4, 0.5) is 19.0 Å². The molecule has 30 heavy (non-hydrogen) atoms. The van der Waals surface area contributed by atoms with Crippen molar-refractivity contribution < 1.29 is 37.7 Å². The van der Waals surface area contributed by atoms with Crippen molar-refractivity contribution in [2.24, 2.45) is 0 Å². The van der Waals surface area contributed by atoms with Crippen LogP contribution in [0.15, 0.2) is 29.1 Å². The maximum Gasteiger partial charge on any atom is 0.445 e. The zero-order valence-corrected chi connectivity index (χ0v) is 15.2. The molecule has 3 rings (SSSR count). The van der Waals surface area contributed by atoms with E-state index in [1.165, 1.54) is 18.2 Å². The number of nitrogen functional groups attached to an aromatic ring is 1. The lowest BCUT2D eigenvalue weighted by Crippen LogP contribution is -2.24. The van der Waals surface area contributed by atoms with Gasteiger partial charge in [-0.15, -0.1) is 5.10 Å². The first kappa shape index (κ1) is 20.8. The molecule has 14 heteroatoms. The first-order chi connectivity index (χ1) is 14.0. The molecule has 0 saturated heterocycles. The van der Waals surface area contributed by atoms with E-state index in [1.807, 2.05) is 4.98 Å². The molecule has 0 radical (unpaired) electrons. The standard InChI is InChI=1S/C16H9F3N4O6S/c17-16(18,19)14-22-23-15(30-14)29-6-3-1-2-5(4-6)7-8(12(25)26)10(20)21-11(24)9(7)13(27)28/h1-4H,(H,25,26)(H,27,28)(H3,20,21,24). The first-order valence-electron chi connectivity index (χ1n) is 7.70. The van der Waals surface area contributed by atoms with Gasteiger partial charge in [0, 0.05) is 5.56 Å². The summed E-state index contributed by atoms with van der Waals surface area (Å²) in [7, 11) is 0. The normalized spacial score (nSPS) is 11.3. The van der Waals surface area contributed by atoms with Crippen LogP contribution in [-0.4, -0.2) is 37.3 Å². The van der Waals surface area contributed by atoms with Crippen molar-refractivity contribution in [3.63, 3.8) is 0 Å². The zero-order valence-electron chi connectivity index (χ0n) is 14.4. The highest BCUT2D eigenvalue weighted by atomic mass is 32.1. The summed E-state index contributed by atoms with van der Waals surface area (Å²) in [5.41, 5.74) is 2.30. The number of hydrogen-bond donors (Lipinski definition) is 4. The fourth-order valence-electron chi connectivity index (χ4n) is 2.52. The number of H-pyrrole nitrogens is 1. The number of halogens is 3. The average Bonchev–Trinajstić information content (AvgIpc) is 3.09. The third-order valence-electron chi connectivity index (χ3n) is 3.65. The third-order valence-corrected chi connectivity index (χ3v) is 4.50. The predicted molar refractivity (Wildman–Crippen MR) is 95.8 cm³/mol. The van der Waals surface area contributed by atoms with E-state index in [0.29, 0.717) is 0 Å². The van der Waals surface area contributed by atoms with Crippen molar-refractivity contribution >= 4 is 29.1 Å². The number of anilines is 1. The molecule has 3 aromatic rings. The number of nitrogens with one attached hydrogen (secondary N) is 1. The smallest absolute Gasteiger partial charge is 0.445 e. The van der Waals surface area contributed by atoms with E-state index < -0.39 is 56.4 Å². The number of nitrogens with zero attached hydrogens (tertiary/aromatic N) is 2. The molecule has 0 atom stereocenters. The van der Waals surface area contributed by atoms with Crippen LogP contribution in [0.5, 0.6) is 10.9 Å². The number of aromatic nitrogens is 3. The van der Waals surface area contributed by atoms with Crippen LogP contribution in [0.3, 0.4) is 0 Å². The highest BCUT2D eigenvalue weighted by Crippen LogP contribution is 2.37. The van der Waals surface area contributed by atoms with Crippen molar-refractivity contribution in [1.29, 1.82) is 0 Å². The fraction of sp³-hybridized carbons (Fsp3) is 0.0625. The Morgan fingerprint density at radius 1 is 1.13 bits per heavy atom. The van der Waals surface area contributed by atoms with Crippen molar-refractivity contribution in [2.45, 2.75) is 6.18 Å². The number of carboxylic acids is 2. The Hall–Kier alpha value is -3.94. The lowest BCUT2D eigenvalue weighted by atomic mass is 9.95. The van der Waals surface area contributed by atoms with Crippen molar-refractivity contribution in [3.8, 4) is 22.1 Å². The summed E-state index contributed by atoms with van der Waals surface area (Å²) >= 11 is 0.125. The van der Waals surface area contributed by atoms with E-state index in [0.717, 1.165) is 6.07 Å². The molecule has 156 valence electrons. The maximum atomic E-state index is 12.6. The van der Waals surface area contributed by atoms with Gasteiger partial charge >= 0.3 is 18.1 Å². The Labute approximate surface area is 167 Å². The quantitative estimate of drug-likeness (QED) is 0.464. The van der Waals surface area contributed by atoms with E-state index in [2.05, 4.69) is 10.2 Å². The third kappa shape index (κ3) is 3.93. The number of carbonyl (C=O) groups is 2. The lowest BCUT2D eigenvalue weighted by molar-refractivity contribution is -0.138. The summed E-state index contributed by atoms with van der Waals surface area (Å²) in [5.74, 6) is -3.99. The lowest BCUT2D eigenvalue weighted by Gasteiger charge is -2.13. The molecule has 0 saturated carbocycles. The SMILES string of the molecule is Nc1[nH]c(=O)c(C(=O)O)c(-c2cccc(Oc3nnc(C(F)(F)F)s3)c2)c1C(=O)O. The zero-order chi connectivity index (χ0) is 22.2. The molecular formula is C16H9F3N4O6S. The van der Waals surface area contributed by atoms with E-state index in [4.69, 9.17) is 10.5 Å². The Bertz CT molecular complexity index is 1220. The van der Waals surface area contributed by atoms with E-state index >= 15 is 0 Å². The number of aromatic carboxylic acids is 2. The number of hydrogen-bond acceptors (Lipinski definition) is 8. The molecule has 1 aromatic carbocycles. The molecule has 0 spiro atoms. The monoisotopic (exact) mass is 442 g/mol. The van der Waals surface area contributed by atoms with Crippen LogP contribution >= 0.6 is 11.3 Å². The van der Waals surface area contributed by atoms with Gasteiger partial charge in [0.05, 0.1) is 0 Å². The molecule has 0 aliphatic heterocycles. The topological polar surface area (TPSA) is 168 Å². The maximum absolute atomic E-state index is 12.6. The van der Waals surface area contributed by atoms with Gasteiger partial charge in [0.25, 0.3) is 10.8 Å². The summed E-state index contributed by atoms with van der Waals surface area (Å²) in [6.07, 6.45) is -4.71. The summed E-state index contributed by atoms with van der Waals surface area (Å²) < 4.78 is 43.1. The number of benzene rings is 1. The van der Waals surface area contributed by atoms with Crippen LogP contribution in [0.25, 0.3) is 11.1 Å². The van der Waals surface area contributed by atoms with Crippen LogP contribution < -0.4 is 16.0 Å². The second-order valence-corrected chi connectivity index (χ2v) is 6.54. The Morgan fingerprint density at radius 3 is 2.37 bits per heavy atom. The molecule has 0 aliphatic rings. The van der Waals surface area contributed by atoms with Crippen LogP contribution in [0, 0.1) is 0 Å². The summed E-state index contributed by atoms with van der Waals surface area (Å²) in [6, 6.07) is 5.02. The second-order valence-electron chi connectivity index (χ2n) is 5.60. The highest BCUT2D eigenvalue weighted by Gasteiger charge is 2.36. The molecule has 2 heterocycles. The van der Waals surface area contributed by atoms with Gasteiger partial charge in [-0.1, -0.05) is 28.6 Å². The Balaban J connectivity index is 2.12. The fourth-order valence-corrected chi connectivity index (χ4v) is 3.10. The van der Waals surface area contributed by atoms with Crippen LogP contribution in [0.2, 0.25) is 0 Å². The van der Waals surface area contributed by atoms with Gasteiger partial charge in [0.2, 0.25) is 5.01 Å². The second kappa shape index (κ2) is 7.47. The van der Waals surface area contributed by atoms with Gasteiger partial charge in [0.15, 0.2) is 0 Å². The van der Waals surface area contributed by atoms with E-state index in [9.17, 15) is 37.8 Å². The Morgan fingerprint density at radius 2 is 1.80 bits per heavy atom. The number of rotatable bonds is 5. The molecule has 5 N–H and O–H groups in total. The minimum Gasteiger partial charge on any atom is -0.478 e. The summed E-state index contributed by atoms with van der Waals surface area (Å²) in [6.45, 7) is 0. The molecular weight excluding hydrogens is 433 g/mol. The molecule has 0 unspecified atom stereocenters. The van der Waals surface area contributed by atoms with E-state index in [1.54, 1.807) is 0 Å². The van der Waals surface area contributed by atoms with Crippen LogP contribution in [0.1, 0.15) is 25.7 Å². The molecule has 2 aromatic heterocycles. The molecule has 10 nitrogen and oxygen atoms in total. The average molecular weight is 442 g/mol. The number of alkyl halides is 3. The van der Waals surface area contributed by atoms with Gasteiger partial charge in [-0.2, -0.15) is 13.2 Å². The van der Waals surface area contributed by atoms with Gasteiger partial charge in [0.1, 0.15) is 22.7 Å². The number of ether oxygens (including phenoxy) is 1. The van der Waals surface area contributed by atoms with Gasteiger partial charge < -0.3 is 25.7 Å².